The summed E-state index contributed by atoms with van der Waals surface area (Å²) in [6.07, 6.45) is 0.320. The second kappa shape index (κ2) is 9.13. The molecule has 0 atom stereocenters. The monoisotopic (exact) mass is 394 g/mol. The van der Waals surface area contributed by atoms with E-state index in [1.54, 1.807) is 4.90 Å². The molecule has 0 fully saturated rings. The van der Waals surface area contributed by atoms with E-state index >= 15 is 0 Å². The second-order valence-electron chi connectivity index (χ2n) is 6.85. The number of hydrogen-bond acceptors (Lipinski definition) is 4. The predicted molar refractivity (Wildman–Crippen MR) is 116 cm³/mol. The number of benzene rings is 2. The molecule has 0 saturated carbocycles. The summed E-state index contributed by atoms with van der Waals surface area (Å²) in [5.41, 5.74) is 6.18. The Bertz CT molecular complexity index is 947. The quantitative estimate of drug-likeness (QED) is 0.474. The van der Waals surface area contributed by atoms with Gasteiger partial charge in [-0.25, -0.2) is 4.98 Å². The van der Waals surface area contributed by atoms with Gasteiger partial charge in [-0.15, -0.1) is 11.3 Å². The highest BCUT2D eigenvalue weighted by Gasteiger charge is 2.23. The molecule has 3 rings (SSSR count). The van der Waals surface area contributed by atoms with Crippen LogP contribution in [0.25, 0.3) is 11.3 Å². The van der Waals surface area contributed by atoms with E-state index in [4.69, 9.17) is 9.72 Å². The number of hydrogen-bond donors (Lipinski definition) is 0. The first kappa shape index (κ1) is 20.2. The van der Waals surface area contributed by atoms with E-state index in [-0.39, 0.29) is 5.91 Å². The largest absolute Gasteiger partial charge is 0.381 e. The number of nitrogens with zero attached hydrogens (tertiary/aromatic N) is 2. The van der Waals surface area contributed by atoms with Gasteiger partial charge >= 0.3 is 0 Å². The summed E-state index contributed by atoms with van der Waals surface area (Å²) in [4.78, 5) is 19.6. The third-order valence-corrected chi connectivity index (χ3v) is 5.38. The van der Waals surface area contributed by atoms with Crippen molar-refractivity contribution >= 4 is 28.1 Å². The van der Waals surface area contributed by atoms with Crippen molar-refractivity contribution in [2.45, 2.75) is 34.1 Å². The minimum atomic E-state index is -0.00745. The van der Waals surface area contributed by atoms with Crippen molar-refractivity contribution in [1.82, 2.24) is 4.98 Å². The van der Waals surface area contributed by atoms with Crippen molar-refractivity contribution in [1.29, 1.82) is 0 Å². The standard InChI is InChI=1S/C23H26N2O2S/c1-5-27-13-12-22(26)25(21-14-17(3)6-9-18(21)4)23-24-20(15-28-23)19-10-7-16(2)8-11-19/h6-11,14-15H,5,12-13H2,1-4H3. The average molecular weight is 395 g/mol. The van der Waals surface area contributed by atoms with Gasteiger partial charge in [0.15, 0.2) is 5.13 Å². The molecule has 0 radical (unpaired) electrons. The van der Waals surface area contributed by atoms with Crippen molar-refractivity contribution in [3.8, 4) is 11.3 Å². The summed E-state index contributed by atoms with van der Waals surface area (Å²) in [5, 5.41) is 2.69. The molecule has 0 saturated heterocycles. The average Bonchev–Trinajstić information content (AvgIpc) is 3.15. The van der Waals surface area contributed by atoms with Crippen molar-refractivity contribution < 1.29 is 9.53 Å². The Hall–Kier alpha value is -2.50. The Morgan fingerprint density at radius 3 is 2.50 bits per heavy atom. The van der Waals surface area contributed by atoms with Crippen LogP contribution in [0.15, 0.2) is 47.8 Å². The summed E-state index contributed by atoms with van der Waals surface area (Å²) in [6, 6.07) is 14.4. The Morgan fingerprint density at radius 1 is 1.07 bits per heavy atom. The van der Waals surface area contributed by atoms with Gasteiger partial charge < -0.3 is 4.74 Å². The molecule has 3 aromatic rings. The van der Waals surface area contributed by atoms with E-state index in [1.165, 1.54) is 16.9 Å². The molecule has 0 N–H and O–H groups in total. The molecule has 5 heteroatoms. The Labute approximate surface area is 170 Å². The van der Waals surface area contributed by atoms with Crippen LogP contribution < -0.4 is 4.90 Å². The lowest BCUT2D eigenvalue weighted by atomic mass is 10.1. The minimum Gasteiger partial charge on any atom is -0.381 e. The molecule has 1 aromatic heterocycles. The van der Waals surface area contributed by atoms with Gasteiger partial charge in [-0.2, -0.15) is 0 Å². The first-order chi connectivity index (χ1) is 13.5. The molecule has 0 bridgehead atoms. The van der Waals surface area contributed by atoms with Gasteiger partial charge in [0.05, 0.1) is 24.4 Å². The molecule has 28 heavy (non-hydrogen) atoms. The number of thiazole rings is 1. The number of carbonyl (C=O) groups is 1. The Kier molecular flexibility index (Phi) is 6.60. The van der Waals surface area contributed by atoms with Crippen LogP contribution in [0.4, 0.5) is 10.8 Å². The van der Waals surface area contributed by atoms with E-state index in [1.807, 2.05) is 38.3 Å². The molecule has 146 valence electrons. The highest BCUT2D eigenvalue weighted by Crippen LogP contribution is 2.35. The van der Waals surface area contributed by atoms with Crippen LogP contribution in [0.2, 0.25) is 0 Å². The van der Waals surface area contributed by atoms with Crippen LogP contribution in [0, 0.1) is 20.8 Å². The van der Waals surface area contributed by atoms with Gasteiger partial charge in [0.25, 0.3) is 0 Å². The zero-order valence-corrected chi connectivity index (χ0v) is 17.7. The number of ether oxygens (including phenoxy) is 1. The van der Waals surface area contributed by atoms with E-state index in [0.29, 0.717) is 24.8 Å². The summed E-state index contributed by atoms with van der Waals surface area (Å²) in [5.74, 6) is -0.00745. The molecular formula is C23H26N2O2S. The molecule has 0 aliphatic heterocycles. The van der Waals surface area contributed by atoms with E-state index in [2.05, 4.69) is 37.3 Å². The number of amides is 1. The molecule has 1 heterocycles. The van der Waals surface area contributed by atoms with Crippen LogP contribution in [0.1, 0.15) is 30.0 Å². The third kappa shape index (κ3) is 4.66. The van der Waals surface area contributed by atoms with Crippen molar-refractivity contribution in [2.75, 3.05) is 18.1 Å². The van der Waals surface area contributed by atoms with Gasteiger partial charge in [-0.1, -0.05) is 42.0 Å². The summed E-state index contributed by atoms with van der Waals surface area (Å²) in [7, 11) is 0. The maximum Gasteiger partial charge on any atom is 0.235 e. The van der Waals surface area contributed by atoms with Crippen molar-refractivity contribution in [3.05, 3.63) is 64.5 Å². The summed E-state index contributed by atoms with van der Waals surface area (Å²) in [6.45, 7) is 9.06. The van der Waals surface area contributed by atoms with Crippen LogP contribution in [-0.4, -0.2) is 24.1 Å². The van der Waals surface area contributed by atoms with E-state index < -0.39 is 0 Å². The fraction of sp³-hybridized carbons (Fsp3) is 0.304. The zero-order chi connectivity index (χ0) is 20.1. The lowest BCUT2D eigenvalue weighted by Gasteiger charge is -2.22. The third-order valence-electron chi connectivity index (χ3n) is 4.55. The van der Waals surface area contributed by atoms with Crippen molar-refractivity contribution in [3.63, 3.8) is 0 Å². The topological polar surface area (TPSA) is 42.4 Å². The molecule has 2 aromatic carbocycles. The Morgan fingerprint density at radius 2 is 1.79 bits per heavy atom. The highest BCUT2D eigenvalue weighted by molar-refractivity contribution is 7.14. The molecule has 0 spiro atoms. The fourth-order valence-corrected chi connectivity index (χ4v) is 3.81. The lowest BCUT2D eigenvalue weighted by molar-refractivity contribution is -0.118. The molecule has 0 unspecified atom stereocenters. The number of aryl methyl sites for hydroxylation is 3. The first-order valence-electron chi connectivity index (χ1n) is 9.50. The smallest absolute Gasteiger partial charge is 0.235 e. The molecule has 0 aliphatic carbocycles. The molecular weight excluding hydrogens is 368 g/mol. The zero-order valence-electron chi connectivity index (χ0n) is 16.9. The van der Waals surface area contributed by atoms with Crippen LogP contribution in [-0.2, 0) is 9.53 Å². The summed E-state index contributed by atoms with van der Waals surface area (Å²) < 4.78 is 5.40. The van der Waals surface area contributed by atoms with Crippen LogP contribution in [0.3, 0.4) is 0 Å². The fourth-order valence-electron chi connectivity index (χ4n) is 2.94. The minimum absolute atomic E-state index is 0.00745. The number of carbonyl (C=O) groups excluding carboxylic acids is 1. The SMILES string of the molecule is CCOCCC(=O)N(c1nc(-c2ccc(C)cc2)cs1)c1cc(C)ccc1C. The van der Waals surface area contributed by atoms with Crippen LogP contribution >= 0.6 is 11.3 Å². The Balaban J connectivity index is 1.98. The molecule has 0 aliphatic rings. The number of anilines is 2. The van der Waals surface area contributed by atoms with Gasteiger partial charge in [0.1, 0.15) is 0 Å². The molecule has 1 amide bonds. The second-order valence-corrected chi connectivity index (χ2v) is 7.68. The lowest BCUT2D eigenvalue weighted by Crippen LogP contribution is -2.27. The predicted octanol–water partition coefficient (Wildman–Crippen LogP) is 5.83. The number of rotatable bonds is 7. The van der Waals surface area contributed by atoms with E-state index in [0.717, 1.165) is 28.1 Å². The van der Waals surface area contributed by atoms with Gasteiger partial charge in [-0.3, -0.25) is 9.69 Å². The highest BCUT2D eigenvalue weighted by atomic mass is 32.1. The van der Waals surface area contributed by atoms with E-state index in [9.17, 15) is 4.79 Å². The van der Waals surface area contributed by atoms with Gasteiger partial charge in [0, 0.05) is 17.6 Å². The number of aromatic nitrogens is 1. The maximum atomic E-state index is 13.1. The molecule has 4 nitrogen and oxygen atoms in total. The summed E-state index contributed by atoms with van der Waals surface area (Å²) >= 11 is 1.49. The van der Waals surface area contributed by atoms with Gasteiger partial charge in [0.2, 0.25) is 5.91 Å². The first-order valence-corrected chi connectivity index (χ1v) is 10.4. The van der Waals surface area contributed by atoms with Crippen molar-refractivity contribution in [2.24, 2.45) is 0 Å². The normalized spacial score (nSPS) is 10.9. The van der Waals surface area contributed by atoms with Crippen LogP contribution in [0.5, 0.6) is 0 Å². The maximum absolute atomic E-state index is 13.1. The van der Waals surface area contributed by atoms with Gasteiger partial charge in [-0.05, 0) is 44.9 Å².